The van der Waals surface area contributed by atoms with Crippen molar-refractivity contribution in [2.75, 3.05) is 13.2 Å². The molecule has 3 rings (SSSR count). The summed E-state index contributed by atoms with van der Waals surface area (Å²) in [5.41, 5.74) is 3.84. The van der Waals surface area contributed by atoms with E-state index in [1.807, 2.05) is 78.9 Å². The molecule has 0 bridgehead atoms. The monoisotopic (exact) mass is 434 g/mol. The summed E-state index contributed by atoms with van der Waals surface area (Å²) in [5.74, 6) is 0.740. The lowest BCUT2D eigenvalue weighted by atomic mass is 10.0. The molecule has 0 fully saturated rings. The predicted octanol–water partition coefficient (Wildman–Crippen LogP) is 4.82. The highest BCUT2D eigenvalue weighted by Gasteiger charge is 2.04. The second-order valence-corrected chi connectivity index (χ2v) is 7.07. The Morgan fingerprint density at radius 2 is 1.56 bits per heavy atom. The number of carbonyl (C=O) groups excluding carboxylic acids is 1. The minimum absolute atomic E-state index is 0.245. The number of alkyl carbamates (subject to hydrolysis) is 1. The van der Waals surface area contributed by atoms with Crippen molar-refractivity contribution >= 4 is 12.2 Å². The molecule has 3 aromatic carbocycles. The lowest BCUT2D eigenvalue weighted by Gasteiger charge is -2.10. The Kier molecular flexibility index (Phi) is 8.50. The molecular formula is C25H26N2O5. The van der Waals surface area contributed by atoms with Gasteiger partial charge in [0.05, 0.1) is 6.61 Å². The van der Waals surface area contributed by atoms with Crippen molar-refractivity contribution in [3.8, 4) is 16.9 Å². The Labute approximate surface area is 187 Å². The summed E-state index contributed by atoms with van der Waals surface area (Å²) in [6.45, 7) is 1.43. The molecule has 7 nitrogen and oxygen atoms in total. The first-order valence-corrected chi connectivity index (χ1v) is 10.3. The van der Waals surface area contributed by atoms with Gasteiger partial charge in [0.2, 0.25) is 0 Å². The number of hydrogen-bond donors (Lipinski definition) is 3. The Morgan fingerprint density at radius 1 is 0.812 bits per heavy atom. The van der Waals surface area contributed by atoms with Gasteiger partial charge in [0, 0.05) is 13.1 Å². The van der Waals surface area contributed by atoms with E-state index in [1.54, 1.807) is 0 Å². The van der Waals surface area contributed by atoms with Gasteiger partial charge in [0.25, 0.3) is 0 Å². The fraction of sp³-hybridized carbons (Fsp3) is 0.200. The molecule has 32 heavy (non-hydrogen) atoms. The molecule has 0 spiro atoms. The van der Waals surface area contributed by atoms with Gasteiger partial charge in [-0.3, -0.25) is 0 Å². The third-order valence-electron chi connectivity index (χ3n) is 4.63. The van der Waals surface area contributed by atoms with Gasteiger partial charge >= 0.3 is 12.2 Å². The van der Waals surface area contributed by atoms with Crippen LogP contribution >= 0.6 is 0 Å². The molecule has 0 saturated heterocycles. The van der Waals surface area contributed by atoms with Crippen molar-refractivity contribution in [3.05, 3.63) is 90.0 Å². The minimum Gasteiger partial charge on any atom is -0.494 e. The zero-order chi connectivity index (χ0) is 22.6. The second kappa shape index (κ2) is 12.0. The fourth-order valence-electron chi connectivity index (χ4n) is 3.01. The van der Waals surface area contributed by atoms with E-state index < -0.39 is 12.2 Å². The van der Waals surface area contributed by atoms with E-state index in [0.29, 0.717) is 19.6 Å². The van der Waals surface area contributed by atoms with Gasteiger partial charge < -0.3 is 25.2 Å². The largest absolute Gasteiger partial charge is 0.494 e. The standard InChI is InChI=1S/C25H26N2O5/c28-24(29)27-17-20-8-4-9-22(16-20)21-10-12-23(13-11-21)31-15-5-14-26-25(30)32-18-19-6-2-1-3-7-19/h1-4,6-13,16,27H,5,14-15,17-18H2,(H,26,30)(H,28,29). The summed E-state index contributed by atoms with van der Waals surface area (Å²) in [5, 5.41) is 13.8. The molecule has 0 radical (unpaired) electrons. The van der Waals surface area contributed by atoms with Crippen molar-refractivity contribution in [3.63, 3.8) is 0 Å². The van der Waals surface area contributed by atoms with Gasteiger partial charge in [-0.2, -0.15) is 0 Å². The number of hydrogen-bond acceptors (Lipinski definition) is 4. The van der Waals surface area contributed by atoms with E-state index in [4.69, 9.17) is 14.6 Å². The predicted molar refractivity (Wildman–Crippen MR) is 121 cm³/mol. The van der Waals surface area contributed by atoms with E-state index in [9.17, 15) is 9.59 Å². The van der Waals surface area contributed by atoms with Gasteiger partial charge in [-0.15, -0.1) is 0 Å². The molecule has 0 aliphatic heterocycles. The summed E-state index contributed by atoms with van der Waals surface area (Å²) in [6.07, 6.45) is -0.837. The fourth-order valence-corrected chi connectivity index (χ4v) is 3.01. The molecule has 7 heteroatoms. The number of carboxylic acid groups (broad SMARTS) is 1. The van der Waals surface area contributed by atoms with Crippen LogP contribution in [0.2, 0.25) is 0 Å². The average Bonchev–Trinajstić information content (AvgIpc) is 2.82. The first-order chi connectivity index (χ1) is 15.6. The molecule has 0 unspecified atom stereocenters. The number of carbonyl (C=O) groups is 2. The maximum absolute atomic E-state index is 11.7. The first kappa shape index (κ1) is 22.7. The van der Waals surface area contributed by atoms with Crippen LogP contribution in [0.3, 0.4) is 0 Å². The summed E-state index contributed by atoms with van der Waals surface area (Å²) in [4.78, 5) is 22.4. The zero-order valence-electron chi connectivity index (χ0n) is 17.6. The van der Waals surface area contributed by atoms with Crippen molar-refractivity contribution in [1.29, 1.82) is 0 Å². The SMILES string of the molecule is O=C(O)NCc1cccc(-c2ccc(OCCCNC(=O)OCc3ccccc3)cc2)c1. The van der Waals surface area contributed by atoms with Crippen LogP contribution in [-0.2, 0) is 17.9 Å². The third-order valence-corrected chi connectivity index (χ3v) is 4.63. The van der Waals surface area contributed by atoms with Crippen LogP contribution in [0.4, 0.5) is 9.59 Å². The highest BCUT2D eigenvalue weighted by molar-refractivity contribution is 5.67. The number of ether oxygens (including phenoxy) is 2. The Morgan fingerprint density at radius 3 is 2.31 bits per heavy atom. The van der Waals surface area contributed by atoms with Gasteiger partial charge in [-0.05, 0) is 46.9 Å². The van der Waals surface area contributed by atoms with Crippen LogP contribution in [0.25, 0.3) is 11.1 Å². The lowest BCUT2D eigenvalue weighted by molar-refractivity contribution is 0.139. The molecule has 0 aliphatic rings. The van der Waals surface area contributed by atoms with Crippen LogP contribution in [0, 0.1) is 0 Å². The smallest absolute Gasteiger partial charge is 0.407 e. The summed E-state index contributed by atoms with van der Waals surface area (Å²) in [6, 6.07) is 24.9. The summed E-state index contributed by atoms with van der Waals surface area (Å²) in [7, 11) is 0. The molecule has 3 aromatic rings. The van der Waals surface area contributed by atoms with Crippen LogP contribution < -0.4 is 15.4 Å². The topological polar surface area (TPSA) is 96.9 Å². The maximum Gasteiger partial charge on any atom is 0.407 e. The highest BCUT2D eigenvalue weighted by atomic mass is 16.5. The quantitative estimate of drug-likeness (QED) is 0.398. The molecule has 2 amide bonds. The van der Waals surface area contributed by atoms with Gasteiger partial charge in [0.1, 0.15) is 12.4 Å². The van der Waals surface area contributed by atoms with Gasteiger partial charge in [0.15, 0.2) is 0 Å². The summed E-state index contributed by atoms with van der Waals surface area (Å²) < 4.78 is 10.9. The summed E-state index contributed by atoms with van der Waals surface area (Å²) >= 11 is 0. The molecule has 0 aliphatic carbocycles. The van der Waals surface area contributed by atoms with Crippen LogP contribution in [0.5, 0.6) is 5.75 Å². The van der Waals surface area contributed by atoms with E-state index >= 15 is 0 Å². The third kappa shape index (κ3) is 7.68. The second-order valence-electron chi connectivity index (χ2n) is 7.07. The molecule has 166 valence electrons. The van der Waals surface area contributed by atoms with Crippen LogP contribution in [-0.4, -0.2) is 30.4 Å². The Balaban J connectivity index is 1.36. The molecule has 0 atom stereocenters. The normalized spacial score (nSPS) is 10.2. The van der Waals surface area contributed by atoms with Gasteiger partial charge in [-0.1, -0.05) is 60.7 Å². The van der Waals surface area contributed by atoms with E-state index in [1.165, 1.54) is 0 Å². The molecule has 0 heterocycles. The molecule has 3 N–H and O–H groups in total. The maximum atomic E-state index is 11.7. The average molecular weight is 434 g/mol. The number of benzene rings is 3. The van der Waals surface area contributed by atoms with Crippen molar-refractivity contribution in [1.82, 2.24) is 10.6 Å². The molecular weight excluding hydrogens is 408 g/mol. The number of amides is 2. The molecule has 0 aromatic heterocycles. The van der Waals surface area contributed by atoms with Crippen LogP contribution in [0.1, 0.15) is 17.5 Å². The van der Waals surface area contributed by atoms with E-state index in [0.717, 1.165) is 28.0 Å². The highest BCUT2D eigenvalue weighted by Crippen LogP contribution is 2.23. The Bertz CT molecular complexity index is 1010. The van der Waals surface area contributed by atoms with E-state index in [2.05, 4.69) is 10.6 Å². The van der Waals surface area contributed by atoms with Crippen molar-refractivity contribution in [2.24, 2.45) is 0 Å². The van der Waals surface area contributed by atoms with Crippen molar-refractivity contribution < 1.29 is 24.2 Å². The van der Waals surface area contributed by atoms with Gasteiger partial charge in [-0.25, -0.2) is 9.59 Å². The van der Waals surface area contributed by atoms with Crippen molar-refractivity contribution in [2.45, 2.75) is 19.6 Å². The molecule has 0 saturated carbocycles. The van der Waals surface area contributed by atoms with Crippen LogP contribution in [0.15, 0.2) is 78.9 Å². The Hall–Kier alpha value is -4.00. The van der Waals surface area contributed by atoms with E-state index in [-0.39, 0.29) is 13.2 Å². The number of rotatable bonds is 10. The zero-order valence-corrected chi connectivity index (χ0v) is 17.6. The first-order valence-electron chi connectivity index (χ1n) is 10.3. The minimum atomic E-state index is -1.05. The number of nitrogens with one attached hydrogen (secondary N) is 2. The lowest BCUT2D eigenvalue weighted by Crippen LogP contribution is -2.26.